The zero-order chi connectivity index (χ0) is 24.9. The van der Waals surface area contributed by atoms with Gasteiger partial charge in [-0.1, -0.05) is 41.6 Å². The maximum absolute atomic E-state index is 12.7. The Morgan fingerprint density at radius 3 is 2.25 bits per heavy atom. The van der Waals surface area contributed by atoms with E-state index in [-0.39, 0.29) is 11.9 Å². The minimum atomic E-state index is -2.79. The number of nitrogens with zero attached hydrogens (tertiary/aromatic N) is 6. The number of hydrogen-bond donors (Lipinski definition) is 1. The molecule has 36 heavy (non-hydrogen) atoms. The van der Waals surface area contributed by atoms with Gasteiger partial charge in [0.05, 0.1) is 12.7 Å². The summed E-state index contributed by atoms with van der Waals surface area (Å²) in [5.41, 5.74) is 5.67. The number of hydrogen-bond acceptors (Lipinski definition) is 7. The topological polar surface area (TPSA) is 94.6 Å². The van der Waals surface area contributed by atoms with Crippen molar-refractivity contribution >= 4 is 0 Å². The first-order valence-electron chi connectivity index (χ1n) is 11.4. The molecular formula is C26H23F2N7O. The monoisotopic (exact) mass is 487 g/mol. The summed E-state index contributed by atoms with van der Waals surface area (Å²) in [6.45, 7) is 3.39. The highest BCUT2D eigenvalue weighted by molar-refractivity contribution is 5.58. The molecule has 5 aromatic rings. The highest BCUT2D eigenvalue weighted by Gasteiger charge is 2.17. The van der Waals surface area contributed by atoms with Gasteiger partial charge in [-0.2, -0.15) is 8.78 Å². The van der Waals surface area contributed by atoms with Gasteiger partial charge in [0.15, 0.2) is 0 Å². The predicted molar refractivity (Wildman–Crippen MR) is 129 cm³/mol. The van der Waals surface area contributed by atoms with Gasteiger partial charge < -0.3 is 9.73 Å². The molecule has 0 saturated heterocycles. The summed E-state index contributed by atoms with van der Waals surface area (Å²) in [6, 6.07) is 19.7. The number of benzene rings is 2. The minimum Gasteiger partial charge on any atom is -0.415 e. The molecule has 3 aromatic heterocycles. The molecule has 0 spiro atoms. The zero-order valence-electron chi connectivity index (χ0n) is 19.4. The lowest BCUT2D eigenvalue weighted by Crippen LogP contribution is -2.17. The van der Waals surface area contributed by atoms with Gasteiger partial charge in [0.2, 0.25) is 5.89 Å². The van der Waals surface area contributed by atoms with Crippen LogP contribution in [0.25, 0.3) is 22.7 Å². The fraction of sp³-hybridized carbons (Fsp3) is 0.192. The Labute approximate surface area is 206 Å². The van der Waals surface area contributed by atoms with E-state index in [4.69, 9.17) is 4.42 Å². The number of aromatic nitrogens is 6. The van der Waals surface area contributed by atoms with Crippen molar-refractivity contribution in [2.75, 3.05) is 0 Å². The van der Waals surface area contributed by atoms with E-state index in [1.165, 1.54) is 11.1 Å². The summed E-state index contributed by atoms with van der Waals surface area (Å²) >= 11 is 0. The fourth-order valence-electron chi connectivity index (χ4n) is 3.72. The van der Waals surface area contributed by atoms with E-state index in [0.717, 1.165) is 23.4 Å². The van der Waals surface area contributed by atoms with Gasteiger partial charge in [-0.3, -0.25) is 4.98 Å². The minimum absolute atomic E-state index is 0.0605. The van der Waals surface area contributed by atoms with Crippen LogP contribution in [0.15, 0.2) is 83.7 Å². The normalized spacial score (nSPS) is 12.2. The Morgan fingerprint density at radius 2 is 1.56 bits per heavy atom. The largest absolute Gasteiger partial charge is 0.415 e. The average molecular weight is 488 g/mol. The molecule has 0 fully saturated rings. The summed E-state index contributed by atoms with van der Waals surface area (Å²) in [7, 11) is 0. The van der Waals surface area contributed by atoms with Crippen LogP contribution in [0.2, 0.25) is 0 Å². The number of alkyl halides is 2. The molecule has 8 nitrogen and oxygen atoms in total. The summed E-state index contributed by atoms with van der Waals surface area (Å²) in [6.07, 6.45) is 2.70. The third-order valence-corrected chi connectivity index (χ3v) is 5.78. The molecule has 0 saturated carbocycles. The zero-order valence-corrected chi connectivity index (χ0v) is 19.4. The molecule has 0 bridgehead atoms. The quantitative estimate of drug-likeness (QED) is 0.304. The SMILES string of the molecule is CC(NCc1ccc(-c2cn(Cc3ccc(-c4nnc(C(F)F)o4)cc3)nn2)cc1)c1ccncc1. The maximum atomic E-state index is 12.7. The summed E-state index contributed by atoms with van der Waals surface area (Å²) in [5.74, 6) is -0.626. The lowest BCUT2D eigenvalue weighted by molar-refractivity contribution is 0.116. The first-order valence-corrected chi connectivity index (χ1v) is 11.4. The molecule has 0 aliphatic carbocycles. The molecule has 0 aliphatic heterocycles. The highest BCUT2D eigenvalue weighted by Crippen LogP contribution is 2.24. The molecule has 0 aliphatic rings. The maximum Gasteiger partial charge on any atom is 0.314 e. The standard InChI is InChI=1S/C26H23F2N7O/c1-17(20-10-12-29-13-11-20)30-14-18-2-6-21(7-3-18)23-16-35(34-31-23)15-19-4-8-22(9-5-19)25-32-33-26(36-25)24(27)28/h2-13,16-17,24,30H,14-15H2,1H3. The van der Waals surface area contributed by atoms with E-state index in [2.05, 4.69) is 49.9 Å². The second-order valence-corrected chi connectivity index (χ2v) is 8.32. The van der Waals surface area contributed by atoms with Gasteiger partial charge in [-0.25, -0.2) is 4.68 Å². The number of pyridine rings is 1. The molecule has 182 valence electrons. The van der Waals surface area contributed by atoms with Crippen molar-refractivity contribution in [3.63, 3.8) is 0 Å². The van der Waals surface area contributed by atoms with Crippen LogP contribution < -0.4 is 5.32 Å². The average Bonchev–Trinajstić information content (AvgIpc) is 3.59. The van der Waals surface area contributed by atoms with Gasteiger partial charge in [0, 0.05) is 36.1 Å². The number of nitrogens with one attached hydrogen (secondary N) is 1. The predicted octanol–water partition coefficient (Wildman–Crippen LogP) is 5.23. The molecule has 1 atom stereocenters. The van der Waals surface area contributed by atoms with Crippen LogP contribution in [0.1, 0.15) is 42.0 Å². The van der Waals surface area contributed by atoms with E-state index >= 15 is 0 Å². The van der Waals surface area contributed by atoms with Crippen LogP contribution in [0.3, 0.4) is 0 Å². The Balaban J connectivity index is 1.18. The highest BCUT2D eigenvalue weighted by atomic mass is 19.3. The second-order valence-electron chi connectivity index (χ2n) is 8.32. The Morgan fingerprint density at radius 1 is 0.861 bits per heavy atom. The van der Waals surface area contributed by atoms with Gasteiger partial charge >= 0.3 is 6.43 Å². The molecule has 0 amide bonds. The fourth-order valence-corrected chi connectivity index (χ4v) is 3.72. The smallest absolute Gasteiger partial charge is 0.314 e. The molecule has 10 heteroatoms. The molecule has 3 heterocycles. The van der Waals surface area contributed by atoms with Gasteiger partial charge in [0.1, 0.15) is 5.69 Å². The van der Waals surface area contributed by atoms with Crippen molar-refractivity contribution in [3.8, 4) is 22.7 Å². The number of rotatable bonds is 9. The van der Waals surface area contributed by atoms with Crippen LogP contribution in [-0.4, -0.2) is 30.2 Å². The van der Waals surface area contributed by atoms with Gasteiger partial charge in [0.25, 0.3) is 5.89 Å². The van der Waals surface area contributed by atoms with Gasteiger partial charge in [-0.05, 0) is 47.9 Å². The molecule has 2 aromatic carbocycles. The Hall–Kier alpha value is -4.31. The van der Waals surface area contributed by atoms with E-state index in [1.54, 1.807) is 29.2 Å². The van der Waals surface area contributed by atoms with E-state index in [9.17, 15) is 8.78 Å². The van der Waals surface area contributed by atoms with Crippen molar-refractivity contribution in [2.24, 2.45) is 0 Å². The van der Waals surface area contributed by atoms with Crippen LogP contribution in [0.5, 0.6) is 0 Å². The van der Waals surface area contributed by atoms with E-state index in [0.29, 0.717) is 12.1 Å². The van der Waals surface area contributed by atoms with Crippen molar-refractivity contribution < 1.29 is 13.2 Å². The van der Waals surface area contributed by atoms with Crippen molar-refractivity contribution in [3.05, 3.63) is 102 Å². The third-order valence-electron chi connectivity index (χ3n) is 5.78. The summed E-state index contributed by atoms with van der Waals surface area (Å²) in [5, 5.41) is 19.1. The Bertz CT molecular complexity index is 1400. The van der Waals surface area contributed by atoms with Crippen LogP contribution in [0.4, 0.5) is 8.78 Å². The van der Waals surface area contributed by atoms with E-state index < -0.39 is 12.3 Å². The second kappa shape index (κ2) is 10.5. The molecule has 1 unspecified atom stereocenters. The summed E-state index contributed by atoms with van der Waals surface area (Å²) < 4.78 is 32.0. The first kappa shape index (κ1) is 23.4. The van der Waals surface area contributed by atoms with Crippen molar-refractivity contribution in [1.82, 2.24) is 35.5 Å². The van der Waals surface area contributed by atoms with Gasteiger partial charge in [-0.15, -0.1) is 15.3 Å². The molecular weight excluding hydrogens is 464 g/mol. The third kappa shape index (κ3) is 5.49. The molecule has 1 N–H and O–H groups in total. The number of halogens is 2. The van der Waals surface area contributed by atoms with Crippen molar-refractivity contribution in [1.29, 1.82) is 0 Å². The Kier molecular flexibility index (Phi) is 6.85. The van der Waals surface area contributed by atoms with Crippen LogP contribution in [-0.2, 0) is 13.1 Å². The lowest BCUT2D eigenvalue weighted by atomic mass is 10.1. The van der Waals surface area contributed by atoms with E-state index in [1.807, 2.05) is 42.6 Å². The van der Waals surface area contributed by atoms with Crippen LogP contribution in [0, 0.1) is 0 Å². The molecule has 0 radical (unpaired) electrons. The van der Waals surface area contributed by atoms with Crippen molar-refractivity contribution in [2.45, 2.75) is 32.5 Å². The first-order chi connectivity index (χ1) is 17.5. The van der Waals surface area contributed by atoms with Crippen LogP contribution >= 0.6 is 0 Å². The lowest BCUT2D eigenvalue weighted by Gasteiger charge is -2.14. The summed E-state index contributed by atoms with van der Waals surface area (Å²) in [4.78, 5) is 4.06. The molecule has 5 rings (SSSR count).